The van der Waals surface area contributed by atoms with Crippen molar-refractivity contribution in [1.82, 2.24) is 19.1 Å². The SMILES string of the molecule is O=C(Nc1cc(C(F)(F)F)ccc1Cl)[C@@H](Sc1nnc(-c2cccc(S(=O)(=O)N3CCOCC3)c2)n1C1CCCCCC1)c1ccccc1. The first kappa shape index (κ1) is 35.4. The van der Waals surface area contributed by atoms with Gasteiger partial charge in [-0.1, -0.05) is 91.5 Å². The highest BCUT2D eigenvalue weighted by atomic mass is 35.5. The Labute approximate surface area is 292 Å². The lowest BCUT2D eigenvalue weighted by atomic mass is 10.1. The molecule has 1 aliphatic carbocycles. The number of aromatic nitrogens is 3. The number of benzene rings is 3. The number of nitrogens with zero attached hydrogens (tertiary/aromatic N) is 4. The number of amides is 1. The summed E-state index contributed by atoms with van der Waals surface area (Å²) in [7, 11) is -3.78. The molecule has 3 aromatic carbocycles. The van der Waals surface area contributed by atoms with E-state index < -0.39 is 32.9 Å². The summed E-state index contributed by atoms with van der Waals surface area (Å²) in [6.45, 7) is 1.18. The zero-order valence-electron chi connectivity index (χ0n) is 26.4. The summed E-state index contributed by atoms with van der Waals surface area (Å²) in [6, 6.07) is 18.3. The number of nitrogens with one attached hydrogen (secondary N) is 1. The number of halogens is 4. The monoisotopic (exact) mass is 733 g/mol. The summed E-state index contributed by atoms with van der Waals surface area (Å²) in [6.07, 6.45) is 1.18. The van der Waals surface area contributed by atoms with Crippen molar-refractivity contribution < 1.29 is 31.1 Å². The van der Waals surface area contributed by atoms with Crippen LogP contribution in [0.15, 0.2) is 82.8 Å². The molecule has 1 aromatic heterocycles. The molecular weight excluding hydrogens is 699 g/mol. The molecule has 2 fully saturated rings. The Balaban J connectivity index is 1.38. The summed E-state index contributed by atoms with van der Waals surface area (Å²) in [5, 5.41) is 11.2. The number of alkyl halides is 3. The van der Waals surface area contributed by atoms with E-state index in [4.69, 9.17) is 16.3 Å². The van der Waals surface area contributed by atoms with E-state index in [0.29, 0.717) is 35.3 Å². The van der Waals surface area contributed by atoms with Gasteiger partial charge in [0.2, 0.25) is 15.9 Å². The van der Waals surface area contributed by atoms with Crippen LogP contribution in [0.1, 0.15) is 60.9 Å². The van der Waals surface area contributed by atoms with Gasteiger partial charge in [0.1, 0.15) is 5.25 Å². The molecule has 1 aliphatic heterocycles. The maximum atomic E-state index is 13.9. The molecule has 1 amide bonds. The second-order valence-electron chi connectivity index (χ2n) is 12.0. The number of rotatable bonds is 9. The largest absolute Gasteiger partial charge is 0.416 e. The van der Waals surface area contributed by atoms with Crippen molar-refractivity contribution in [3.63, 3.8) is 0 Å². The molecule has 0 unspecified atom stereocenters. The van der Waals surface area contributed by atoms with Gasteiger partial charge in [0.15, 0.2) is 11.0 Å². The maximum Gasteiger partial charge on any atom is 0.416 e. The van der Waals surface area contributed by atoms with Crippen LogP contribution in [0.25, 0.3) is 11.4 Å². The van der Waals surface area contributed by atoms with Crippen molar-refractivity contribution >= 4 is 45.0 Å². The van der Waals surface area contributed by atoms with Crippen LogP contribution in [0.2, 0.25) is 5.02 Å². The zero-order chi connectivity index (χ0) is 34.6. The van der Waals surface area contributed by atoms with E-state index in [1.807, 2.05) is 4.57 Å². The molecule has 6 rings (SSSR count). The first-order chi connectivity index (χ1) is 23.5. The lowest BCUT2D eigenvalue weighted by molar-refractivity contribution is -0.137. The molecule has 1 atom stereocenters. The zero-order valence-corrected chi connectivity index (χ0v) is 28.8. The fraction of sp³-hybridized carbons (Fsp3) is 0.382. The minimum Gasteiger partial charge on any atom is -0.379 e. The van der Waals surface area contributed by atoms with Crippen molar-refractivity contribution in [3.05, 3.63) is 88.9 Å². The van der Waals surface area contributed by atoms with Gasteiger partial charge in [0.25, 0.3) is 0 Å². The standard InChI is InChI=1S/C34H35ClF3N5O4S2/c35-28-16-15-25(34(36,37)38)22-29(28)39-32(44)30(23-9-4-3-5-10-23)48-33-41-40-31(43(33)26-12-6-1-2-7-13-26)24-11-8-14-27(21-24)49(45,46)42-17-19-47-20-18-42/h3-5,8-11,14-16,21-22,26,30H,1-2,6-7,12-13,17-20H2,(H,39,44)/t30-/m0/s1. The number of thioether (sulfide) groups is 1. The topological polar surface area (TPSA) is 106 Å². The molecule has 2 aliphatic rings. The van der Waals surface area contributed by atoms with Gasteiger partial charge in [-0.05, 0) is 48.7 Å². The summed E-state index contributed by atoms with van der Waals surface area (Å²) < 4.78 is 76.4. The molecule has 15 heteroatoms. The van der Waals surface area contributed by atoms with Crippen LogP contribution in [0.4, 0.5) is 18.9 Å². The average Bonchev–Trinajstić information content (AvgIpc) is 3.33. The smallest absolute Gasteiger partial charge is 0.379 e. The van der Waals surface area contributed by atoms with Crippen LogP contribution in [0, 0.1) is 0 Å². The normalized spacial score (nSPS) is 17.4. The Bertz CT molecular complexity index is 1880. The molecule has 1 saturated carbocycles. The minimum absolute atomic E-state index is 0.0214. The molecule has 0 spiro atoms. The molecule has 260 valence electrons. The molecule has 49 heavy (non-hydrogen) atoms. The number of hydrogen-bond donors (Lipinski definition) is 1. The summed E-state index contributed by atoms with van der Waals surface area (Å²) in [4.78, 5) is 14.1. The van der Waals surface area contributed by atoms with Crippen LogP contribution in [0.3, 0.4) is 0 Å². The number of ether oxygens (including phenoxy) is 1. The average molecular weight is 734 g/mol. The predicted octanol–water partition coefficient (Wildman–Crippen LogP) is 8.01. The molecule has 0 radical (unpaired) electrons. The fourth-order valence-corrected chi connectivity index (χ4v) is 8.86. The van der Waals surface area contributed by atoms with E-state index in [0.717, 1.165) is 68.5 Å². The number of carbonyl (C=O) groups is 1. The molecule has 1 N–H and O–H groups in total. The Morgan fingerprint density at radius 1 is 0.939 bits per heavy atom. The van der Waals surface area contributed by atoms with Crippen molar-refractivity contribution in [2.75, 3.05) is 31.6 Å². The van der Waals surface area contributed by atoms with Crippen molar-refractivity contribution in [2.45, 2.75) is 66.0 Å². The van der Waals surface area contributed by atoms with Gasteiger partial charge in [-0.3, -0.25) is 9.36 Å². The van der Waals surface area contributed by atoms with E-state index in [-0.39, 0.29) is 34.7 Å². The third-order valence-electron chi connectivity index (χ3n) is 8.67. The Morgan fingerprint density at radius 3 is 2.35 bits per heavy atom. The number of morpholine rings is 1. The first-order valence-corrected chi connectivity index (χ1v) is 18.7. The molecule has 2 heterocycles. The minimum atomic E-state index is -4.62. The van der Waals surface area contributed by atoms with Gasteiger partial charge >= 0.3 is 6.18 Å². The highest BCUT2D eigenvalue weighted by Gasteiger charge is 2.33. The summed E-state index contributed by atoms with van der Waals surface area (Å²) in [5.41, 5.74) is 0.0667. The maximum absolute atomic E-state index is 13.9. The number of carbonyl (C=O) groups excluding carboxylic acids is 1. The van der Waals surface area contributed by atoms with E-state index in [9.17, 15) is 26.4 Å². The molecule has 1 saturated heterocycles. The third kappa shape index (κ3) is 8.15. The first-order valence-electron chi connectivity index (χ1n) is 16.0. The van der Waals surface area contributed by atoms with Gasteiger partial charge in [-0.2, -0.15) is 17.5 Å². The lowest BCUT2D eigenvalue weighted by Gasteiger charge is -2.26. The quantitative estimate of drug-likeness (QED) is 0.137. The Morgan fingerprint density at radius 2 is 1.65 bits per heavy atom. The van der Waals surface area contributed by atoms with E-state index in [1.165, 1.54) is 4.31 Å². The van der Waals surface area contributed by atoms with Crippen LogP contribution in [-0.4, -0.2) is 59.7 Å². The van der Waals surface area contributed by atoms with Crippen LogP contribution in [0.5, 0.6) is 0 Å². The van der Waals surface area contributed by atoms with Crippen LogP contribution < -0.4 is 5.32 Å². The Hall–Kier alpha value is -3.43. The van der Waals surface area contributed by atoms with Crippen LogP contribution in [-0.2, 0) is 25.7 Å². The highest BCUT2D eigenvalue weighted by molar-refractivity contribution is 8.00. The molecular formula is C34H35ClF3N5O4S2. The fourth-order valence-electron chi connectivity index (χ4n) is 6.13. The van der Waals surface area contributed by atoms with E-state index in [1.54, 1.807) is 54.6 Å². The highest BCUT2D eigenvalue weighted by Crippen LogP contribution is 2.42. The van der Waals surface area contributed by atoms with Gasteiger partial charge in [0.05, 0.1) is 34.4 Å². The van der Waals surface area contributed by atoms with Gasteiger partial charge in [-0.25, -0.2) is 8.42 Å². The van der Waals surface area contributed by atoms with Gasteiger partial charge < -0.3 is 10.1 Å². The van der Waals surface area contributed by atoms with E-state index in [2.05, 4.69) is 15.5 Å². The van der Waals surface area contributed by atoms with Crippen LogP contribution >= 0.6 is 23.4 Å². The number of hydrogen-bond acceptors (Lipinski definition) is 7. The number of sulfonamides is 1. The van der Waals surface area contributed by atoms with E-state index >= 15 is 0 Å². The van der Waals surface area contributed by atoms with Gasteiger partial charge in [-0.15, -0.1) is 10.2 Å². The van der Waals surface area contributed by atoms with Crippen molar-refractivity contribution in [2.24, 2.45) is 0 Å². The van der Waals surface area contributed by atoms with Crippen molar-refractivity contribution in [3.8, 4) is 11.4 Å². The second kappa shape index (κ2) is 15.2. The third-order valence-corrected chi connectivity index (χ3v) is 12.1. The molecule has 9 nitrogen and oxygen atoms in total. The Kier molecular flexibility index (Phi) is 11.0. The summed E-state index contributed by atoms with van der Waals surface area (Å²) in [5.74, 6) is -0.116. The molecule has 0 bridgehead atoms. The lowest BCUT2D eigenvalue weighted by Crippen LogP contribution is -2.40. The number of anilines is 1. The summed E-state index contributed by atoms with van der Waals surface area (Å²) >= 11 is 7.37. The predicted molar refractivity (Wildman–Crippen MR) is 182 cm³/mol. The molecule has 4 aromatic rings. The van der Waals surface area contributed by atoms with Gasteiger partial charge in [0, 0.05) is 24.7 Å². The second-order valence-corrected chi connectivity index (χ2v) is 15.4. The van der Waals surface area contributed by atoms with Crippen molar-refractivity contribution in [1.29, 1.82) is 0 Å².